The minimum atomic E-state index is -0.431. The van der Waals surface area contributed by atoms with Crippen LogP contribution in [-0.4, -0.2) is 54.5 Å². The molecule has 0 bridgehead atoms. The fraction of sp³-hybridized carbons (Fsp3) is 0.474. The van der Waals surface area contributed by atoms with Crippen LogP contribution in [0.4, 0.5) is 0 Å². The van der Waals surface area contributed by atoms with Crippen molar-refractivity contribution in [1.82, 2.24) is 34.7 Å². The van der Waals surface area contributed by atoms with E-state index >= 15 is 0 Å². The van der Waals surface area contributed by atoms with E-state index in [1.807, 2.05) is 19.9 Å². The molecule has 4 heterocycles. The Morgan fingerprint density at radius 1 is 1.17 bits per heavy atom. The summed E-state index contributed by atoms with van der Waals surface area (Å²) in [5.74, 6) is 0.406. The van der Waals surface area contributed by atoms with E-state index in [1.54, 1.807) is 6.07 Å². The lowest BCUT2D eigenvalue weighted by molar-refractivity contribution is 0.0914. The number of fused-ring (bicyclic) bond motifs is 1. The van der Waals surface area contributed by atoms with Gasteiger partial charge in [0.25, 0.3) is 17.2 Å². The molecule has 2 fully saturated rings. The summed E-state index contributed by atoms with van der Waals surface area (Å²) in [4.78, 5) is 33.7. The number of hydrogen-bond acceptors (Lipinski definition) is 7. The maximum absolute atomic E-state index is 12.8. The number of rotatable bonds is 4. The summed E-state index contributed by atoms with van der Waals surface area (Å²) in [6.07, 6.45) is 2.19. The molecule has 2 atom stereocenters. The second-order valence-corrected chi connectivity index (χ2v) is 7.69. The van der Waals surface area contributed by atoms with Crippen LogP contribution in [0.2, 0.25) is 0 Å². The molecule has 1 aliphatic carbocycles. The van der Waals surface area contributed by atoms with Crippen LogP contribution in [0.5, 0.6) is 0 Å². The van der Waals surface area contributed by atoms with E-state index in [0.717, 1.165) is 29.9 Å². The Labute approximate surface area is 165 Å². The number of carbonyl (C=O) groups is 1. The number of ether oxygens (including phenoxy) is 1. The second-order valence-electron chi connectivity index (χ2n) is 7.69. The first-order chi connectivity index (χ1) is 14.0. The third kappa shape index (κ3) is 3.29. The van der Waals surface area contributed by atoms with E-state index in [0.29, 0.717) is 24.9 Å². The molecule has 10 nitrogen and oxygen atoms in total. The van der Waals surface area contributed by atoms with Crippen molar-refractivity contribution in [3.05, 3.63) is 51.5 Å². The average Bonchev–Trinajstić information content (AvgIpc) is 3.28. The van der Waals surface area contributed by atoms with E-state index in [-0.39, 0.29) is 17.4 Å². The molecule has 1 amide bonds. The molecule has 10 heteroatoms. The Kier molecular flexibility index (Phi) is 4.16. The summed E-state index contributed by atoms with van der Waals surface area (Å²) in [6, 6.07) is 4.43. The molecule has 1 N–H and O–H groups in total. The van der Waals surface area contributed by atoms with Crippen LogP contribution in [-0.2, 0) is 4.74 Å². The molecular weight excluding hydrogens is 374 g/mol. The Balaban J connectivity index is 1.40. The summed E-state index contributed by atoms with van der Waals surface area (Å²) in [6.45, 7) is 4.35. The molecular formula is C19H21N7O3. The first-order valence-corrected chi connectivity index (χ1v) is 9.69. The summed E-state index contributed by atoms with van der Waals surface area (Å²) >= 11 is 0. The first kappa shape index (κ1) is 17.9. The Hall–Kier alpha value is -3.14. The summed E-state index contributed by atoms with van der Waals surface area (Å²) in [5.41, 5.74) is 2.36. The minimum Gasteiger partial charge on any atom is -0.377 e. The van der Waals surface area contributed by atoms with E-state index < -0.39 is 11.9 Å². The van der Waals surface area contributed by atoms with Gasteiger partial charge in [-0.1, -0.05) is 0 Å². The fourth-order valence-corrected chi connectivity index (χ4v) is 3.69. The lowest BCUT2D eigenvalue weighted by Gasteiger charge is -2.20. The maximum atomic E-state index is 12.8. The first-order valence-electron chi connectivity index (χ1n) is 9.69. The summed E-state index contributed by atoms with van der Waals surface area (Å²) in [5, 5.41) is 11.7. The zero-order valence-corrected chi connectivity index (χ0v) is 16.2. The summed E-state index contributed by atoms with van der Waals surface area (Å²) in [7, 11) is 0. The SMILES string of the molecule is Cc1cc(C)n2nc(C(=O)NC3COCC3n3nc(C4CC4)ccc3=O)nc2n1. The molecule has 5 rings (SSSR count). The highest BCUT2D eigenvalue weighted by Crippen LogP contribution is 2.38. The standard InChI is InChI=1S/C19H21N7O3/c1-10-7-11(2)25-19(20-10)22-17(24-25)18(28)21-14-8-29-9-15(14)26-16(27)6-5-13(23-26)12-3-4-12/h5-7,12,14-15H,3-4,8-9H2,1-2H3,(H,21,28). The van der Waals surface area contributed by atoms with Crippen molar-refractivity contribution in [1.29, 1.82) is 0 Å². The van der Waals surface area contributed by atoms with Gasteiger partial charge < -0.3 is 10.1 Å². The van der Waals surface area contributed by atoms with Crippen LogP contribution < -0.4 is 10.9 Å². The topological polar surface area (TPSA) is 116 Å². The third-order valence-corrected chi connectivity index (χ3v) is 5.34. The van der Waals surface area contributed by atoms with Gasteiger partial charge in [-0.2, -0.15) is 10.1 Å². The van der Waals surface area contributed by atoms with Crippen molar-refractivity contribution in [2.45, 2.75) is 44.7 Å². The Morgan fingerprint density at radius 3 is 2.79 bits per heavy atom. The zero-order valence-electron chi connectivity index (χ0n) is 16.2. The Morgan fingerprint density at radius 2 is 2.00 bits per heavy atom. The second kappa shape index (κ2) is 6.73. The van der Waals surface area contributed by atoms with Gasteiger partial charge in [0.2, 0.25) is 5.82 Å². The number of amides is 1. The normalized spacial score (nSPS) is 21.6. The van der Waals surface area contributed by atoms with Crippen molar-refractivity contribution in [2.75, 3.05) is 13.2 Å². The van der Waals surface area contributed by atoms with E-state index in [4.69, 9.17) is 4.74 Å². The number of aryl methyl sites for hydroxylation is 2. The van der Waals surface area contributed by atoms with Crippen molar-refractivity contribution < 1.29 is 9.53 Å². The molecule has 3 aromatic rings. The molecule has 0 aromatic carbocycles. The van der Waals surface area contributed by atoms with Crippen LogP contribution in [0.3, 0.4) is 0 Å². The molecule has 2 unspecified atom stereocenters. The van der Waals surface area contributed by atoms with Gasteiger partial charge in [-0.25, -0.2) is 14.2 Å². The van der Waals surface area contributed by atoms with Gasteiger partial charge in [-0.05, 0) is 38.8 Å². The van der Waals surface area contributed by atoms with Gasteiger partial charge in [0.15, 0.2) is 0 Å². The third-order valence-electron chi connectivity index (χ3n) is 5.34. The van der Waals surface area contributed by atoms with Crippen LogP contribution in [0.1, 0.15) is 52.5 Å². The lowest BCUT2D eigenvalue weighted by atomic mass is 10.1. The quantitative estimate of drug-likeness (QED) is 0.685. The number of nitrogens with zero attached hydrogens (tertiary/aromatic N) is 6. The number of carbonyl (C=O) groups excluding carboxylic acids is 1. The lowest BCUT2D eigenvalue weighted by Crippen LogP contribution is -2.44. The van der Waals surface area contributed by atoms with Gasteiger partial charge in [0.05, 0.1) is 24.9 Å². The van der Waals surface area contributed by atoms with Crippen molar-refractivity contribution in [3.8, 4) is 0 Å². The Bertz CT molecular complexity index is 1160. The highest BCUT2D eigenvalue weighted by atomic mass is 16.5. The van der Waals surface area contributed by atoms with Gasteiger partial charge >= 0.3 is 0 Å². The van der Waals surface area contributed by atoms with Crippen LogP contribution in [0.15, 0.2) is 23.0 Å². The molecule has 150 valence electrons. The predicted molar refractivity (Wildman–Crippen MR) is 102 cm³/mol. The fourth-order valence-electron chi connectivity index (χ4n) is 3.69. The van der Waals surface area contributed by atoms with Crippen molar-refractivity contribution in [3.63, 3.8) is 0 Å². The van der Waals surface area contributed by atoms with Gasteiger partial charge in [-0.15, -0.1) is 5.10 Å². The number of nitrogens with one attached hydrogen (secondary N) is 1. The molecule has 1 saturated carbocycles. The maximum Gasteiger partial charge on any atom is 0.291 e. The van der Waals surface area contributed by atoms with Crippen LogP contribution in [0.25, 0.3) is 5.78 Å². The van der Waals surface area contributed by atoms with Gasteiger partial charge in [0.1, 0.15) is 6.04 Å². The van der Waals surface area contributed by atoms with E-state index in [2.05, 4.69) is 25.5 Å². The van der Waals surface area contributed by atoms with Gasteiger partial charge in [0, 0.05) is 23.4 Å². The molecule has 2 aliphatic rings. The minimum absolute atomic E-state index is 0.0314. The molecule has 0 spiro atoms. The molecule has 29 heavy (non-hydrogen) atoms. The summed E-state index contributed by atoms with van der Waals surface area (Å²) < 4.78 is 8.53. The molecule has 1 saturated heterocycles. The van der Waals surface area contributed by atoms with Crippen LogP contribution >= 0.6 is 0 Å². The predicted octanol–water partition coefficient (Wildman–Crippen LogP) is 0.545. The molecule has 1 aliphatic heterocycles. The zero-order chi connectivity index (χ0) is 20.1. The van der Waals surface area contributed by atoms with Gasteiger partial charge in [-0.3, -0.25) is 9.59 Å². The highest BCUT2D eigenvalue weighted by molar-refractivity contribution is 5.91. The number of hydrogen-bond donors (Lipinski definition) is 1. The van der Waals surface area contributed by atoms with Crippen molar-refractivity contribution >= 4 is 11.7 Å². The molecule has 3 aromatic heterocycles. The van der Waals surface area contributed by atoms with Crippen molar-refractivity contribution in [2.24, 2.45) is 0 Å². The average molecular weight is 395 g/mol. The van der Waals surface area contributed by atoms with E-state index in [1.165, 1.54) is 15.3 Å². The highest BCUT2D eigenvalue weighted by Gasteiger charge is 2.34. The molecule has 0 radical (unpaired) electrons. The van der Waals surface area contributed by atoms with Crippen LogP contribution in [0, 0.1) is 13.8 Å². The van der Waals surface area contributed by atoms with E-state index in [9.17, 15) is 9.59 Å². The monoisotopic (exact) mass is 395 g/mol. The number of aromatic nitrogens is 6. The smallest absolute Gasteiger partial charge is 0.291 e. The largest absolute Gasteiger partial charge is 0.377 e.